The molecule has 1 unspecified atom stereocenters. The molecule has 82 valence electrons. The summed E-state index contributed by atoms with van der Waals surface area (Å²) in [7, 11) is 0. The molecule has 0 bridgehead atoms. The lowest BCUT2D eigenvalue weighted by atomic mass is 10.0. The standard InChI is InChI=1S/C13H13FN2/c1-9-3-2-8-16-13(9)12(15)10-4-6-11(14)7-5-10/h2-8,12H,15H2,1H3. The van der Waals surface area contributed by atoms with Crippen molar-refractivity contribution in [2.75, 3.05) is 0 Å². The van der Waals surface area contributed by atoms with Crippen LogP contribution in [0.4, 0.5) is 4.39 Å². The monoisotopic (exact) mass is 216 g/mol. The zero-order valence-corrected chi connectivity index (χ0v) is 9.02. The lowest BCUT2D eigenvalue weighted by Gasteiger charge is -2.13. The van der Waals surface area contributed by atoms with Gasteiger partial charge in [0.25, 0.3) is 0 Å². The van der Waals surface area contributed by atoms with Gasteiger partial charge in [0.15, 0.2) is 0 Å². The van der Waals surface area contributed by atoms with Gasteiger partial charge >= 0.3 is 0 Å². The SMILES string of the molecule is Cc1cccnc1C(N)c1ccc(F)cc1. The first-order valence-electron chi connectivity index (χ1n) is 5.11. The molecule has 0 aliphatic rings. The van der Waals surface area contributed by atoms with Crippen LogP contribution in [0.25, 0.3) is 0 Å². The maximum atomic E-state index is 12.8. The fourth-order valence-electron chi connectivity index (χ4n) is 1.65. The van der Waals surface area contributed by atoms with E-state index in [1.165, 1.54) is 12.1 Å². The molecule has 0 saturated heterocycles. The number of hydrogen-bond acceptors (Lipinski definition) is 2. The number of rotatable bonds is 2. The summed E-state index contributed by atoms with van der Waals surface area (Å²) >= 11 is 0. The van der Waals surface area contributed by atoms with Crippen molar-refractivity contribution in [2.24, 2.45) is 5.73 Å². The van der Waals surface area contributed by atoms with Gasteiger partial charge in [-0.25, -0.2) is 4.39 Å². The van der Waals surface area contributed by atoms with Crippen LogP contribution in [0.5, 0.6) is 0 Å². The van der Waals surface area contributed by atoms with E-state index >= 15 is 0 Å². The molecule has 2 N–H and O–H groups in total. The van der Waals surface area contributed by atoms with Crippen molar-refractivity contribution in [3.63, 3.8) is 0 Å². The molecular formula is C13H13FN2. The third kappa shape index (κ3) is 2.09. The smallest absolute Gasteiger partial charge is 0.123 e. The highest BCUT2D eigenvalue weighted by Gasteiger charge is 2.12. The number of hydrogen-bond donors (Lipinski definition) is 1. The quantitative estimate of drug-likeness (QED) is 0.838. The average molecular weight is 216 g/mol. The van der Waals surface area contributed by atoms with Crippen LogP contribution in [0.15, 0.2) is 42.6 Å². The molecule has 0 fully saturated rings. The summed E-state index contributed by atoms with van der Waals surface area (Å²) in [5, 5.41) is 0. The number of pyridine rings is 1. The second-order valence-corrected chi connectivity index (χ2v) is 3.73. The molecule has 16 heavy (non-hydrogen) atoms. The molecule has 0 aliphatic heterocycles. The second-order valence-electron chi connectivity index (χ2n) is 3.73. The van der Waals surface area contributed by atoms with E-state index in [1.807, 2.05) is 19.1 Å². The molecule has 0 spiro atoms. The minimum Gasteiger partial charge on any atom is -0.319 e. The Morgan fingerprint density at radius 2 is 1.88 bits per heavy atom. The average Bonchev–Trinajstić information content (AvgIpc) is 2.30. The van der Waals surface area contributed by atoms with E-state index in [0.29, 0.717) is 0 Å². The Morgan fingerprint density at radius 3 is 2.50 bits per heavy atom. The van der Waals surface area contributed by atoms with Crippen molar-refractivity contribution in [2.45, 2.75) is 13.0 Å². The van der Waals surface area contributed by atoms with Crippen molar-refractivity contribution in [3.8, 4) is 0 Å². The number of aryl methyl sites for hydroxylation is 1. The van der Waals surface area contributed by atoms with Crippen molar-refractivity contribution >= 4 is 0 Å². The number of nitrogens with zero attached hydrogens (tertiary/aromatic N) is 1. The van der Waals surface area contributed by atoms with Crippen LogP contribution >= 0.6 is 0 Å². The highest BCUT2D eigenvalue weighted by molar-refractivity contribution is 5.31. The predicted molar refractivity (Wildman–Crippen MR) is 61.4 cm³/mol. The van der Waals surface area contributed by atoms with Crippen LogP contribution in [-0.2, 0) is 0 Å². The fraction of sp³-hybridized carbons (Fsp3) is 0.154. The van der Waals surface area contributed by atoms with Gasteiger partial charge in [-0.3, -0.25) is 4.98 Å². The predicted octanol–water partition coefficient (Wildman–Crippen LogP) is 2.58. The molecule has 0 radical (unpaired) electrons. The normalized spacial score (nSPS) is 12.4. The third-order valence-electron chi connectivity index (χ3n) is 2.57. The molecule has 2 nitrogen and oxygen atoms in total. The molecular weight excluding hydrogens is 203 g/mol. The Morgan fingerprint density at radius 1 is 1.19 bits per heavy atom. The Hall–Kier alpha value is -1.74. The maximum absolute atomic E-state index is 12.8. The number of nitrogens with two attached hydrogens (primary N) is 1. The molecule has 2 rings (SSSR count). The number of aromatic nitrogens is 1. The molecule has 1 aromatic carbocycles. The Labute approximate surface area is 93.9 Å². The summed E-state index contributed by atoms with van der Waals surface area (Å²) in [6.45, 7) is 1.96. The Kier molecular flexibility index (Phi) is 2.97. The van der Waals surface area contributed by atoms with E-state index in [2.05, 4.69) is 4.98 Å². The topological polar surface area (TPSA) is 38.9 Å². The highest BCUT2D eigenvalue weighted by Crippen LogP contribution is 2.20. The van der Waals surface area contributed by atoms with Gasteiger partial charge in [-0.05, 0) is 36.2 Å². The summed E-state index contributed by atoms with van der Waals surface area (Å²) in [5.74, 6) is -0.256. The summed E-state index contributed by atoms with van der Waals surface area (Å²) in [4.78, 5) is 4.26. The van der Waals surface area contributed by atoms with Crippen molar-refractivity contribution in [3.05, 3.63) is 65.2 Å². The molecule has 1 heterocycles. The Balaban J connectivity index is 2.35. The molecule has 0 amide bonds. The van der Waals surface area contributed by atoms with Crippen molar-refractivity contribution in [1.29, 1.82) is 0 Å². The molecule has 2 aromatic rings. The Bertz CT molecular complexity index is 480. The second kappa shape index (κ2) is 4.41. The maximum Gasteiger partial charge on any atom is 0.123 e. The van der Waals surface area contributed by atoms with Crippen molar-refractivity contribution in [1.82, 2.24) is 4.98 Å². The lowest BCUT2D eigenvalue weighted by molar-refractivity contribution is 0.626. The van der Waals surface area contributed by atoms with E-state index < -0.39 is 0 Å². The first-order valence-corrected chi connectivity index (χ1v) is 5.11. The lowest BCUT2D eigenvalue weighted by Crippen LogP contribution is -2.14. The van der Waals surface area contributed by atoms with E-state index in [4.69, 9.17) is 5.73 Å². The molecule has 1 aromatic heterocycles. The van der Waals surface area contributed by atoms with Crippen LogP contribution in [0.2, 0.25) is 0 Å². The van der Waals surface area contributed by atoms with E-state index in [0.717, 1.165) is 16.8 Å². The first kappa shape index (κ1) is 10.8. The van der Waals surface area contributed by atoms with E-state index in [9.17, 15) is 4.39 Å². The zero-order chi connectivity index (χ0) is 11.5. The largest absolute Gasteiger partial charge is 0.319 e. The number of benzene rings is 1. The van der Waals surface area contributed by atoms with Gasteiger partial charge in [-0.1, -0.05) is 18.2 Å². The summed E-state index contributed by atoms with van der Waals surface area (Å²) in [6, 6.07) is 9.73. The molecule has 0 aliphatic carbocycles. The van der Waals surface area contributed by atoms with Crippen LogP contribution in [-0.4, -0.2) is 4.98 Å². The van der Waals surface area contributed by atoms with Gasteiger partial charge in [0, 0.05) is 6.20 Å². The minimum absolute atomic E-state index is 0.256. The van der Waals surface area contributed by atoms with Gasteiger partial charge in [0.1, 0.15) is 5.82 Å². The summed E-state index contributed by atoms with van der Waals surface area (Å²) in [6.07, 6.45) is 1.71. The minimum atomic E-state index is -0.304. The molecule has 1 atom stereocenters. The van der Waals surface area contributed by atoms with Crippen molar-refractivity contribution < 1.29 is 4.39 Å². The molecule has 3 heteroatoms. The van der Waals surface area contributed by atoms with Crippen LogP contribution < -0.4 is 5.73 Å². The van der Waals surface area contributed by atoms with E-state index in [1.54, 1.807) is 18.3 Å². The summed E-state index contributed by atoms with van der Waals surface area (Å²) < 4.78 is 12.8. The fourth-order valence-corrected chi connectivity index (χ4v) is 1.65. The van der Waals surface area contributed by atoms with Gasteiger partial charge < -0.3 is 5.73 Å². The van der Waals surface area contributed by atoms with Gasteiger partial charge in [0.2, 0.25) is 0 Å². The van der Waals surface area contributed by atoms with E-state index in [-0.39, 0.29) is 11.9 Å². The van der Waals surface area contributed by atoms with Gasteiger partial charge in [-0.2, -0.15) is 0 Å². The first-order chi connectivity index (χ1) is 7.68. The number of halogens is 1. The van der Waals surface area contributed by atoms with Gasteiger partial charge in [0.05, 0.1) is 11.7 Å². The molecule has 0 saturated carbocycles. The van der Waals surface area contributed by atoms with Crippen LogP contribution in [0, 0.1) is 12.7 Å². The van der Waals surface area contributed by atoms with Crippen LogP contribution in [0.1, 0.15) is 22.9 Å². The highest BCUT2D eigenvalue weighted by atomic mass is 19.1. The third-order valence-corrected chi connectivity index (χ3v) is 2.57. The summed E-state index contributed by atoms with van der Waals surface area (Å²) in [5.41, 5.74) is 8.82. The van der Waals surface area contributed by atoms with Gasteiger partial charge in [-0.15, -0.1) is 0 Å². The zero-order valence-electron chi connectivity index (χ0n) is 9.02. The van der Waals surface area contributed by atoms with Crippen LogP contribution in [0.3, 0.4) is 0 Å².